The van der Waals surface area contributed by atoms with Crippen LogP contribution in [-0.4, -0.2) is 38.5 Å². The summed E-state index contributed by atoms with van der Waals surface area (Å²) in [5.74, 6) is 0. The normalized spacial score (nSPS) is 24.0. The molecule has 0 bridgehead atoms. The molecule has 2 fully saturated rings. The summed E-state index contributed by atoms with van der Waals surface area (Å²) in [5, 5.41) is 3.62. The molecule has 1 aliphatic carbocycles. The van der Waals surface area contributed by atoms with Gasteiger partial charge in [0.05, 0.1) is 13.2 Å². The Hall–Kier alpha value is -0.120. The second kappa shape index (κ2) is 6.46. The van der Waals surface area contributed by atoms with E-state index in [2.05, 4.69) is 5.32 Å². The van der Waals surface area contributed by atoms with Crippen molar-refractivity contribution >= 4 is 0 Å². The monoisotopic (exact) mass is 213 g/mol. The lowest BCUT2D eigenvalue weighted by Crippen LogP contribution is -2.37. The smallest absolute Gasteiger partial charge is 0.104 e. The van der Waals surface area contributed by atoms with E-state index >= 15 is 0 Å². The van der Waals surface area contributed by atoms with Crippen LogP contribution in [0.1, 0.15) is 38.5 Å². The first-order valence-electron chi connectivity index (χ1n) is 6.38. The maximum absolute atomic E-state index is 5.60. The van der Waals surface area contributed by atoms with Gasteiger partial charge >= 0.3 is 0 Å². The van der Waals surface area contributed by atoms with Crippen molar-refractivity contribution in [2.75, 3.05) is 26.4 Å². The van der Waals surface area contributed by atoms with Crippen LogP contribution >= 0.6 is 0 Å². The summed E-state index contributed by atoms with van der Waals surface area (Å²) in [6, 6.07) is 0.783. The molecule has 2 rings (SSSR count). The molecular formula is C12H23NO2. The molecule has 0 aromatic rings. The zero-order valence-electron chi connectivity index (χ0n) is 9.54. The summed E-state index contributed by atoms with van der Waals surface area (Å²) in [6.45, 7) is 3.60. The quantitative estimate of drug-likeness (QED) is 0.681. The minimum Gasteiger partial charge on any atom is -0.376 e. The maximum Gasteiger partial charge on any atom is 0.104 e. The zero-order valence-corrected chi connectivity index (χ0v) is 9.54. The SMILES string of the molecule is C1CCC(NCCCOC2COC2)CC1. The lowest BCUT2D eigenvalue weighted by Gasteiger charge is -2.26. The standard InChI is InChI=1S/C12H23NO2/c1-2-5-11(6-3-1)13-7-4-8-15-12-9-14-10-12/h11-13H,1-10H2. The van der Waals surface area contributed by atoms with Gasteiger partial charge in [-0.1, -0.05) is 19.3 Å². The molecule has 1 saturated heterocycles. The molecular weight excluding hydrogens is 190 g/mol. The Morgan fingerprint density at radius 1 is 1.13 bits per heavy atom. The van der Waals surface area contributed by atoms with E-state index in [9.17, 15) is 0 Å². The topological polar surface area (TPSA) is 30.5 Å². The summed E-state index contributed by atoms with van der Waals surface area (Å²) < 4.78 is 10.6. The molecule has 3 heteroatoms. The average Bonchev–Trinajstić information content (AvgIpc) is 2.22. The molecule has 1 N–H and O–H groups in total. The van der Waals surface area contributed by atoms with Gasteiger partial charge in [0.25, 0.3) is 0 Å². The first kappa shape index (κ1) is 11.4. The molecule has 88 valence electrons. The molecule has 0 aromatic heterocycles. The van der Waals surface area contributed by atoms with Crippen LogP contribution in [0.25, 0.3) is 0 Å². The van der Waals surface area contributed by atoms with Crippen LogP contribution in [0.3, 0.4) is 0 Å². The van der Waals surface area contributed by atoms with Gasteiger partial charge in [-0.2, -0.15) is 0 Å². The fourth-order valence-corrected chi connectivity index (χ4v) is 2.25. The van der Waals surface area contributed by atoms with Crippen molar-refractivity contribution in [3.63, 3.8) is 0 Å². The minimum absolute atomic E-state index is 0.389. The Balaban J connectivity index is 1.40. The Labute approximate surface area is 92.5 Å². The molecule has 0 spiro atoms. The second-order valence-corrected chi connectivity index (χ2v) is 4.67. The highest BCUT2D eigenvalue weighted by molar-refractivity contribution is 4.71. The number of hydrogen-bond donors (Lipinski definition) is 1. The van der Waals surface area contributed by atoms with E-state index in [1.54, 1.807) is 0 Å². The first-order chi connectivity index (χ1) is 7.45. The van der Waals surface area contributed by atoms with E-state index in [1.807, 2.05) is 0 Å². The molecule has 0 radical (unpaired) electrons. The molecule has 3 nitrogen and oxygen atoms in total. The van der Waals surface area contributed by atoms with Crippen LogP contribution in [0.15, 0.2) is 0 Å². The number of hydrogen-bond acceptors (Lipinski definition) is 3. The third-order valence-corrected chi connectivity index (χ3v) is 3.32. The lowest BCUT2D eigenvalue weighted by atomic mass is 9.95. The third-order valence-electron chi connectivity index (χ3n) is 3.32. The second-order valence-electron chi connectivity index (χ2n) is 4.67. The van der Waals surface area contributed by atoms with Gasteiger partial charge in [-0.3, -0.25) is 0 Å². The van der Waals surface area contributed by atoms with E-state index in [0.717, 1.165) is 38.8 Å². The summed E-state index contributed by atoms with van der Waals surface area (Å²) in [4.78, 5) is 0. The average molecular weight is 213 g/mol. The lowest BCUT2D eigenvalue weighted by molar-refractivity contribution is -0.129. The summed E-state index contributed by atoms with van der Waals surface area (Å²) in [6.07, 6.45) is 8.52. The van der Waals surface area contributed by atoms with E-state index in [4.69, 9.17) is 9.47 Å². The van der Waals surface area contributed by atoms with Gasteiger partial charge in [-0.15, -0.1) is 0 Å². The fourth-order valence-electron chi connectivity index (χ4n) is 2.25. The van der Waals surface area contributed by atoms with Crippen molar-refractivity contribution in [2.24, 2.45) is 0 Å². The van der Waals surface area contributed by atoms with Crippen LogP contribution in [0.5, 0.6) is 0 Å². The van der Waals surface area contributed by atoms with E-state index < -0.39 is 0 Å². The molecule has 0 atom stereocenters. The van der Waals surface area contributed by atoms with Crippen molar-refractivity contribution in [3.05, 3.63) is 0 Å². The van der Waals surface area contributed by atoms with Crippen molar-refractivity contribution < 1.29 is 9.47 Å². The molecule has 0 amide bonds. The first-order valence-corrected chi connectivity index (χ1v) is 6.38. The molecule has 2 aliphatic rings. The number of nitrogens with one attached hydrogen (secondary N) is 1. The Kier molecular flexibility index (Phi) is 4.90. The van der Waals surface area contributed by atoms with Crippen LogP contribution in [0.4, 0.5) is 0 Å². The molecule has 0 aromatic carbocycles. The van der Waals surface area contributed by atoms with E-state index in [0.29, 0.717) is 6.10 Å². The van der Waals surface area contributed by atoms with Crippen LogP contribution in [0.2, 0.25) is 0 Å². The summed E-state index contributed by atoms with van der Waals surface area (Å²) in [7, 11) is 0. The van der Waals surface area contributed by atoms with Gasteiger partial charge in [0.15, 0.2) is 0 Å². The highest BCUT2D eigenvalue weighted by Crippen LogP contribution is 2.17. The highest BCUT2D eigenvalue weighted by atomic mass is 16.6. The maximum atomic E-state index is 5.60. The fraction of sp³-hybridized carbons (Fsp3) is 1.00. The Morgan fingerprint density at radius 2 is 1.93 bits per heavy atom. The van der Waals surface area contributed by atoms with Gasteiger partial charge < -0.3 is 14.8 Å². The number of ether oxygens (including phenoxy) is 2. The summed E-state index contributed by atoms with van der Waals surface area (Å²) >= 11 is 0. The largest absolute Gasteiger partial charge is 0.376 e. The third kappa shape index (κ3) is 4.09. The van der Waals surface area contributed by atoms with Crippen molar-refractivity contribution in [1.29, 1.82) is 0 Å². The molecule has 15 heavy (non-hydrogen) atoms. The van der Waals surface area contributed by atoms with Crippen LogP contribution in [-0.2, 0) is 9.47 Å². The van der Waals surface area contributed by atoms with Crippen molar-refractivity contribution in [2.45, 2.75) is 50.7 Å². The van der Waals surface area contributed by atoms with Crippen LogP contribution in [0, 0.1) is 0 Å². The Morgan fingerprint density at radius 3 is 2.60 bits per heavy atom. The van der Waals surface area contributed by atoms with Gasteiger partial charge in [-0.05, 0) is 25.8 Å². The van der Waals surface area contributed by atoms with E-state index in [-0.39, 0.29) is 0 Å². The van der Waals surface area contributed by atoms with Crippen molar-refractivity contribution in [3.8, 4) is 0 Å². The predicted octanol–water partition coefficient (Wildman–Crippen LogP) is 1.71. The van der Waals surface area contributed by atoms with Gasteiger partial charge in [-0.25, -0.2) is 0 Å². The number of rotatable bonds is 6. The molecule has 1 heterocycles. The molecule has 1 saturated carbocycles. The van der Waals surface area contributed by atoms with Crippen LogP contribution < -0.4 is 5.32 Å². The predicted molar refractivity (Wildman–Crippen MR) is 60.1 cm³/mol. The van der Waals surface area contributed by atoms with Crippen molar-refractivity contribution in [1.82, 2.24) is 5.32 Å². The molecule has 0 unspecified atom stereocenters. The minimum atomic E-state index is 0.389. The van der Waals surface area contributed by atoms with E-state index in [1.165, 1.54) is 32.1 Å². The highest BCUT2D eigenvalue weighted by Gasteiger charge is 2.18. The zero-order chi connectivity index (χ0) is 10.3. The Bertz CT molecular complexity index is 165. The van der Waals surface area contributed by atoms with Gasteiger partial charge in [0.1, 0.15) is 6.10 Å². The van der Waals surface area contributed by atoms with Gasteiger partial charge in [0, 0.05) is 12.6 Å². The summed E-state index contributed by atoms with van der Waals surface area (Å²) in [5.41, 5.74) is 0. The van der Waals surface area contributed by atoms with Gasteiger partial charge in [0.2, 0.25) is 0 Å². The molecule has 1 aliphatic heterocycles.